The summed E-state index contributed by atoms with van der Waals surface area (Å²) in [6, 6.07) is -0.545. The molecule has 3 rings (SSSR count). The molecule has 2 saturated heterocycles. The Bertz CT molecular complexity index is 575. The van der Waals surface area contributed by atoms with Crippen LogP contribution < -0.4 is 11.1 Å². The molecule has 1 saturated carbocycles. The second-order valence-corrected chi connectivity index (χ2v) is 8.26. The quantitative estimate of drug-likeness (QED) is 0.705. The van der Waals surface area contributed by atoms with Crippen molar-refractivity contribution in [3.8, 4) is 0 Å². The van der Waals surface area contributed by atoms with Crippen LogP contribution in [0, 0.1) is 5.92 Å². The van der Waals surface area contributed by atoms with E-state index in [9.17, 15) is 14.4 Å². The zero-order valence-electron chi connectivity index (χ0n) is 16.4. The largest absolute Gasteiger partial charge is 0.337 e. The molecule has 4 amide bonds. The van der Waals surface area contributed by atoms with Crippen molar-refractivity contribution in [2.24, 2.45) is 11.7 Å². The lowest BCUT2D eigenvalue weighted by atomic mass is 9.75. The van der Waals surface area contributed by atoms with Crippen molar-refractivity contribution in [2.45, 2.75) is 82.8 Å². The number of halogens is 1. The van der Waals surface area contributed by atoms with E-state index in [1.54, 1.807) is 4.90 Å². The van der Waals surface area contributed by atoms with Gasteiger partial charge in [0.15, 0.2) is 0 Å². The average molecular weight is 401 g/mol. The van der Waals surface area contributed by atoms with Gasteiger partial charge in [0.2, 0.25) is 5.91 Å². The molecule has 154 valence electrons. The summed E-state index contributed by atoms with van der Waals surface area (Å²) in [6.45, 7) is 4.55. The lowest BCUT2D eigenvalue weighted by molar-refractivity contribution is -0.142. The van der Waals surface area contributed by atoms with E-state index in [1.165, 1.54) is 0 Å². The van der Waals surface area contributed by atoms with Gasteiger partial charge in [0.1, 0.15) is 12.1 Å². The molecule has 7 nitrogen and oxygen atoms in total. The zero-order valence-corrected chi connectivity index (χ0v) is 17.2. The third kappa shape index (κ3) is 4.24. The molecule has 0 aromatic heterocycles. The van der Waals surface area contributed by atoms with E-state index in [-0.39, 0.29) is 42.8 Å². The predicted octanol–water partition coefficient (Wildman–Crippen LogP) is 2.03. The summed E-state index contributed by atoms with van der Waals surface area (Å²) in [6.07, 6.45) is 7.23. The van der Waals surface area contributed by atoms with E-state index >= 15 is 0 Å². The van der Waals surface area contributed by atoms with Crippen molar-refractivity contribution in [3.05, 3.63) is 0 Å². The summed E-state index contributed by atoms with van der Waals surface area (Å²) in [5, 5.41) is 2.90. The highest BCUT2D eigenvalue weighted by atomic mass is 35.5. The first-order valence-electron chi connectivity index (χ1n) is 10.1. The van der Waals surface area contributed by atoms with Gasteiger partial charge < -0.3 is 16.0 Å². The number of piperidine rings is 1. The van der Waals surface area contributed by atoms with Crippen molar-refractivity contribution < 1.29 is 14.4 Å². The first kappa shape index (κ1) is 22.0. The highest BCUT2D eigenvalue weighted by Crippen LogP contribution is 2.37. The summed E-state index contributed by atoms with van der Waals surface area (Å²) in [5.41, 5.74) is 5.26. The molecule has 3 fully saturated rings. The van der Waals surface area contributed by atoms with Crippen molar-refractivity contribution in [2.75, 3.05) is 13.1 Å². The van der Waals surface area contributed by atoms with Gasteiger partial charge in [-0.15, -0.1) is 12.4 Å². The lowest BCUT2D eigenvalue weighted by Gasteiger charge is -2.38. The van der Waals surface area contributed by atoms with E-state index in [1.807, 2.05) is 6.92 Å². The molecule has 3 aliphatic rings. The monoisotopic (exact) mass is 400 g/mol. The molecule has 2 atom stereocenters. The van der Waals surface area contributed by atoms with Crippen molar-refractivity contribution in [1.82, 2.24) is 15.1 Å². The van der Waals surface area contributed by atoms with Crippen molar-refractivity contribution >= 4 is 30.3 Å². The van der Waals surface area contributed by atoms with Gasteiger partial charge in [-0.2, -0.15) is 0 Å². The molecule has 8 heteroatoms. The minimum Gasteiger partial charge on any atom is -0.337 e. The number of carbonyl (C=O) groups excluding carboxylic acids is 3. The van der Waals surface area contributed by atoms with Crippen LogP contribution in [0.4, 0.5) is 4.79 Å². The predicted molar refractivity (Wildman–Crippen MR) is 105 cm³/mol. The molecule has 3 N–H and O–H groups in total. The highest BCUT2D eigenvalue weighted by molar-refractivity contribution is 6.09. The zero-order chi connectivity index (χ0) is 18.9. The molecule has 27 heavy (non-hydrogen) atoms. The molecule has 0 bridgehead atoms. The maximum Gasteiger partial charge on any atom is 0.325 e. The summed E-state index contributed by atoms with van der Waals surface area (Å²) >= 11 is 0. The maximum atomic E-state index is 13.0. The van der Waals surface area contributed by atoms with Crippen LogP contribution in [0.25, 0.3) is 0 Å². The van der Waals surface area contributed by atoms with Gasteiger partial charge in [0, 0.05) is 18.6 Å². The van der Waals surface area contributed by atoms with Crippen LogP contribution >= 0.6 is 12.4 Å². The summed E-state index contributed by atoms with van der Waals surface area (Å²) < 4.78 is 0. The van der Waals surface area contributed by atoms with Crippen LogP contribution in [-0.2, 0) is 9.59 Å². The molecule has 2 heterocycles. The molecule has 1 aliphatic carbocycles. The Labute approximate surface area is 167 Å². The minimum absolute atomic E-state index is 0. The number of nitrogens with one attached hydrogen (secondary N) is 1. The van der Waals surface area contributed by atoms with Crippen LogP contribution in [0.2, 0.25) is 0 Å². The normalized spacial score (nSPS) is 32.3. The minimum atomic E-state index is -0.786. The number of rotatable bonds is 4. The van der Waals surface area contributed by atoms with Gasteiger partial charge >= 0.3 is 6.03 Å². The number of nitrogens with zero attached hydrogens (tertiary/aromatic N) is 2. The van der Waals surface area contributed by atoms with Gasteiger partial charge in [-0.05, 0) is 57.8 Å². The number of amides is 4. The number of imide groups is 1. The summed E-state index contributed by atoms with van der Waals surface area (Å²) in [7, 11) is 0. The molecule has 2 aliphatic heterocycles. The standard InChI is InChI=1S/C19H32N4O3.ClH/c1-3-14-7-9-19(10-8-14)17(25)23(18(26)21-19)12-16(24)22-11-5-4-6-15(22)13(2)20;/h13-15H,3-12,20H2,1-2H3,(H,21,26);1H. The number of hydrogen-bond donors (Lipinski definition) is 2. The Morgan fingerprint density at radius 1 is 1.26 bits per heavy atom. The Morgan fingerprint density at radius 3 is 2.52 bits per heavy atom. The van der Waals surface area contributed by atoms with E-state index in [0.717, 1.165) is 43.4 Å². The first-order chi connectivity index (χ1) is 12.4. The van der Waals surface area contributed by atoms with Crippen LogP contribution in [0.3, 0.4) is 0 Å². The van der Waals surface area contributed by atoms with Crippen LogP contribution in [0.1, 0.15) is 65.2 Å². The highest BCUT2D eigenvalue weighted by Gasteiger charge is 2.53. The fourth-order valence-electron chi connectivity index (χ4n) is 4.78. The Balaban J connectivity index is 0.00000261. The number of nitrogens with two attached hydrogens (primary N) is 1. The summed E-state index contributed by atoms with van der Waals surface area (Å²) in [5.74, 6) is 0.232. The molecule has 0 aromatic carbocycles. The maximum absolute atomic E-state index is 13.0. The fraction of sp³-hybridized carbons (Fsp3) is 0.842. The van der Waals surface area contributed by atoms with Crippen molar-refractivity contribution in [1.29, 1.82) is 0 Å². The van der Waals surface area contributed by atoms with E-state index < -0.39 is 11.6 Å². The molecular weight excluding hydrogens is 368 g/mol. The topological polar surface area (TPSA) is 95.7 Å². The molecule has 0 aromatic rings. The van der Waals surface area contributed by atoms with Gasteiger partial charge in [0.25, 0.3) is 5.91 Å². The van der Waals surface area contributed by atoms with E-state index in [0.29, 0.717) is 25.3 Å². The Kier molecular flexibility index (Phi) is 7.14. The number of hydrogen-bond acceptors (Lipinski definition) is 4. The molecule has 0 radical (unpaired) electrons. The average Bonchev–Trinajstić information content (AvgIpc) is 2.86. The Morgan fingerprint density at radius 2 is 1.93 bits per heavy atom. The van der Waals surface area contributed by atoms with E-state index in [4.69, 9.17) is 5.73 Å². The fourth-order valence-corrected chi connectivity index (χ4v) is 4.78. The second kappa shape index (κ2) is 8.78. The number of urea groups is 1. The Hall–Kier alpha value is -1.34. The number of carbonyl (C=O) groups is 3. The number of likely N-dealkylation sites (tertiary alicyclic amines) is 1. The lowest BCUT2D eigenvalue weighted by Crippen LogP contribution is -2.55. The smallest absolute Gasteiger partial charge is 0.325 e. The van der Waals surface area contributed by atoms with Crippen LogP contribution in [0.15, 0.2) is 0 Å². The van der Waals surface area contributed by atoms with Crippen LogP contribution in [-0.4, -0.2) is 58.4 Å². The second-order valence-electron chi connectivity index (χ2n) is 8.26. The van der Waals surface area contributed by atoms with Crippen LogP contribution in [0.5, 0.6) is 0 Å². The van der Waals surface area contributed by atoms with Gasteiger partial charge in [-0.25, -0.2) is 4.79 Å². The third-order valence-corrected chi connectivity index (χ3v) is 6.55. The van der Waals surface area contributed by atoms with Gasteiger partial charge in [-0.1, -0.05) is 13.3 Å². The SMILES string of the molecule is CCC1CCC2(CC1)NC(=O)N(CC(=O)N1CCCCC1C(C)N)C2=O.Cl. The molecule has 2 unspecified atom stereocenters. The first-order valence-corrected chi connectivity index (χ1v) is 10.1. The molecule has 1 spiro atoms. The van der Waals surface area contributed by atoms with Gasteiger partial charge in [-0.3, -0.25) is 14.5 Å². The van der Waals surface area contributed by atoms with E-state index in [2.05, 4.69) is 12.2 Å². The van der Waals surface area contributed by atoms with Crippen molar-refractivity contribution in [3.63, 3.8) is 0 Å². The molecular formula is C19H33ClN4O3. The third-order valence-electron chi connectivity index (χ3n) is 6.55. The summed E-state index contributed by atoms with van der Waals surface area (Å²) in [4.78, 5) is 41.1. The van der Waals surface area contributed by atoms with Gasteiger partial charge in [0.05, 0.1) is 0 Å².